The zero-order valence-electron chi connectivity index (χ0n) is 13.2. The predicted octanol–water partition coefficient (Wildman–Crippen LogP) is 3.71. The number of rotatable bonds is 6. The van der Waals surface area contributed by atoms with E-state index in [1.165, 1.54) is 49.1 Å². The van der Waals surface area contributed by atoms with Gasteiger partial charge in [0.1, 0.15) is 0 Å². The minimum Gasteiger partial charge on any atom is -0.330 e. The number of hydrogen-bond donors (Lipinski definition) is 2. The molecule has 0 saturated heterocycles. The monoisotopic (exact) mass is 295 g/mol. The van der Waals surface area contributed by atoms with Crippen molar-refractivity contribution in [1.29, 1.82) is 0 Å². The highest BCUT2D eigenvalue weighted by atomic mass is 32.1. The van der Waals surface area contributed by atoms with Gasteiger partial charge in [-0.3, -0.25) is 0 Å². The van der Waals surface area contributed by atoms with E-state index in [0.29, 0.717) is 11.5 Å². The highest BCUT2D eigenvalue weighted by Crippen LogP contribution is 2.38. The fourth-order valence-electron chi connectivity index (χ4n) is 3.45. The van der Waals surface area contributed by atoms with Gasteiger partial charge in [-0.1, -0.05) is 19.3 Å². The molecule has 2 rings (SSSR count). The molecule has 4 heteroatoms. The molecule has 1 aliphatic rings. The van der Waals surface area contributed by atoms with Gasteiger partial charge in [0.15, 0.2) is 0 Å². The SMILES string of the molecule is Cc1nc(C)c(C(C)NCCC2(CN)CCCCC2)s1. The summed E-state index contributed by atoms with van der Waals surface area (Å²) in [5.41, 5.74) is 7.64. The molecule has 0 bridgehead atoms. The standard InChI is InChI=1S/C16H29N3S/c1-12(15-13(2)19-14(3)20-15)18-10-9-16(11-17)7-5-4-6-8-16/h12,18H,4-11,17H2,1-3H3. The van der Waals surface area contributed by atoms with Crippen LogP contribution in [-0.2, 0) is 0 Å². The van der Waals surface area contributed by atoms with Crippen LogP contribution in [-0.4, -0.2) is 18.1 Å². The molecule has 1 saturated carbocycles. The molecule has 1 aromatic rings. The third-order valence-electron chi connectivity index (χ3n) is 4.79. The van der Waals surface area contributed by atoms with E-state index in [2.05, 4.69) is 31.1 Å². The van der Waals surface area contributed by atoms with Gasteiger partial charge in [-0.2, -0.15) is 0 Å². The summed E-state index contributed by atoms with van der Waals surface area (Å²) in [4.78, 5) is 5.90. The molecule has 3 N–H and O–H groups in total. The van der Waals surface area contributed by atoms with Crippen molar-refractivity contribution in [3.63, 3.8) is 0 Å². The molecule has 1 aliphatic carbocycles. The third-order valence-corrected chi connectivity index (χ3v) is 6.04. The van der Waals surface area contributed by atoms with Crippen LogP contribution >= 0.6 is 11.3 Å². The topological polar surface area (TPSA) is 50.9 Å². The minimum absolute atomic E-state index is 0.402. The van der Waals surface area contributed by atoms with Crippen molar-refractivity contribution in [2.24, 2.45) is 11.1 Å². The Labute approximate surface area is 127 Å². The fraction of sp³-hybridized carbons (Fsp3) is 0.812. The second kappa shape index (κ2) is 7.01. The Kier molecular flexibility index (Phi) is 5.58. The lowest BCUT2D eigenvalue weighted by Gasteiger charge is -2.36. The lowest BCUT2D eigenvalue weighted by atomic mass is 9.72. The van der Waals surface area contributed by atoms with Gasteiger partial charge in [-0.25, -0.2) is 4.98 Å². The molecule has 0 spiro atoms. The number of aryl methyl sites for hydroxylation is 2. The molecule has 0 aromatic carbocycles. The van der Waals surface area contributed by atoms with E-state index in [1.807, 2.05) is 11.3 Å². The van der Waals surface area contributed by atoms with Crippen molar-refractivity contribution in [3.8, 4) is 0 Å². The van der Waals surface area contributed by atoms with Crippen molar-refractivity contribution in [1.82, 2.24) is 10.3 Å². The summed E-state index contributed by atoms with van der Waals surface area (Å²) in [5, 5.41) is 4.84. The first kappa shape index (κ1) is 15.9. The molecular weight excluding hydrogens is 266 g/mol. The molecule has 1 heterocycles. The van der Waals surface area contributed by atoms with E-state index in [9.17, 15) is 0 Å². The van der Waals surface area contributed by atoms with E-state index in [0.717, 1.165) is 18.1 Å². The van der Waals surface area contributed by atoms with Crippen molar-refractivity contribution >= 4 is 11.3 Å². The van der Waals surface area contributed by atoms with Gasteiger partial charge < -0.3 is 11.1 Å². The highest BCUT2D eigenvalue weighted by Gasteiger charge is 2.30. The summed E-state index contributed by atoms with van der Waals surface area (Å²) in [6.45, 7) is 8.35. The first-order chi connectivity index (χ1) is 9.56. The van der Waals surface area contributed by atoms with Crippen LogP contribution < -0.4 is 11.1 Å². The molecule has 0 radical (unpaired) electrons. The van der Waals surface area contributed by atoms with Crippen LogP contribution in [0, 0.1) is 19.3 Å². The molecule has 0 aliphatic heterocycles. The average molecular weight is 295 g/mol. The van der Waals surface area contributed by atoms with E-state index < -0.39 is 0 Å². The summed E-state index contributed by atoms with van der Waals surface area (Å²) in [6.07, 6.45) is 7.96. The van der Waals surface area contributed by atoms with Crippen LogP contribution in [0.1, 0.15) is 67.1 Å². The van der Waals surface area contributed by atoms with E-state index in [1.54, 1.807) is 0 Å². The highest BCUT2D eigenvalue weighted by molar-refractivity contribution is 7.11. The molecule has 1 fully saturated rings. The Morgan fingerprint density at radius 2 is 2.00 bits per heavy atom. The summed E-state index contributed by atoms with van der Waals surface area (Å²) >= 11 is 1.82. The van der Waals surface area contributed by atoms with Gasteiger partial charge in [0.25, 0.3) is 0 Å². The molecule has 3 nitrogen and oxygen atoms in total. The van der Waals surface area contributed by atoms with Crippen LogP contribution in [0.3, 0.4) is 0 Å². The smallest absolute Gasteiger partial charge is 0.0900 e. The number of aromatic nitrogens is 1. The Balaban J connectivity index is 1.84. The Morgan fingerprint density at radius 3 is 2.55 bits per heavy atom. The molecule has 1 atom stereocenters. The molecule has 20 heavy (non-hydrogen) atoms. The van der Waals surface area contributed by atoms with Gasteiger partial charge in [0.2, 0.25) is 0 Å². The molecule has 1 unspecified atom stereocenters. The Hall–Kier alpha value is -0.450. The maximum atomic E-state index is 6.06. The second-order valence-electron chi connectivity index (χ2n) is 6.37. The van der Waals surface area contributed by atoms with Gasteiger partial charge >= 0.3 is 0 Å². The quantitative estimate of drug-likeness (QED) is 0.841. The van der Waals surface area contributed by atoms with Crippen molar-refractivity contribution in [2.45, 2.75) is 65.3 Å². The maximum absolute atomic E-state index is 6.06. The largest absolute Gasteiger partial charge is 0.330 e. The van der Waals surface area contributed by atoms with Crippen molar-refractivity contribution in [2.75, 3.05) is 13.1 Å². The van der Waals surface area contributed by atoms with Crippen LogP contribution in [0.25, 0.3) is 0 Å². The van der Waals surface area contributed by atoms with E-state index in [-0.39, 0.29) is 0 Å². The summed E-state index contributed by atoms with van der Waals surface area (Å²) in [7, 11) is 0. The summed E-state index contributed by atoms with van der Waals surface area (Å²) in [5.74, 6) is 0. The fourth-order valence-corrected chi connectivity index (χ4v) is 4.41. The number of nitrogens with zero attached hydrogens (tertiary/aromatic N) is 1. The molecule has 114 valence electrons. The zero-order valence-corrected chi connectivity index (χ0v) is 14.0. The van der Waals surface area contributed by atoms with E-state index >= 15 is 0 Å². The van der Waals surface area contributed by atoms with Crippen molar-refractivity contribution in [3.05, 3.63) is 15.6 Å². The second-order valence-corrected chi connectivity index (χ2v) is 7.61. The third kappa shape index (κ3) is 3.80. The van der Waals surface area contributed by atoms with Crippen LogP contribution in [0.5, 0.6) is 0 Å². The van der Waals surface area contributed by atoms with Crippen LogP contribution in [0.4, 0.5) is 0 Å². The van der Waals surface area contributed by atoms with Gasteiger partial charge in [-0.15, -0.1) is 11.3 Å². The number of nitrogens with two attached hydrogens (primary N) is 1. The Morgan fingerprint density at radius 1 is 1.30 bits per heavy atom. The van der Waals surface area contributed by atoms with Crippen LogP contribution in [0.15, 0.2) is 0 Å². The number of thiazole rings is 1. The van der Waals surface area contributed by atoms with Crippen LogP contribution in [0.2, 0.25) is 0 Å². The van der Waals surface area contributed by atoms with Gasteiger partial charge in [0.05, 0.1) is 10.7 Å². The zero-order chi connectivity index (χ0) is 14.6. The summed E-state index contributed by atoms with van der Waals surface area (Å²) < 4.78 is 0. The number of nitrogens with one attached hydrogen (secondary N) is 1. The molecule has 0 amide bonds. The lowest BCUT2D eigenvalue weighted by molar-refractivity contribution is 0.179. The lowest BCUT2D eigenvalue weighted by Crippen LogP contribution is -2.36. The van der Waals surface area contributed by atoms with Crippen molar-refractivity contribution < 1.29 is 0 Å². The Bertz CT molecular complexity index is 421. The maximum Gasteiger partial charge on any atom is 0.0900 e. The average Bonchev–Trinajstić information content (AvgIpc) is 2.79. The number of hydrogen-bond acceptors (Lipinski definition) is 4. The minimum atomic E-state index is 0.402. The first-order valence-corrected chi connectivity index (χ1v) is 8.75. The normalized spacial score (nSPS) is 20.0. The first-order valence-electron chi connectivity index (χ1n) is 7.94. The van der Waals surface area contributed by atoms with Gasteiger partial charge in [-0.05, 0) is 58.5 Å². The van der Waals surface area contributed by atoms with Gasteiger partial charge in [0, 0.05) is 10.9 Å². The molecule has 1 aromatic heterocycles. The van der Waals surface area contributed by atoms with E-state index in [4.69, 9.17) is 5.73 Å². The molecular formula is C16H29N3S. The summed E-state index contributed by atoms with van der Waals surface area (Å²) in [6, 6.07) is 0.402. The predicted molar refractivity (Wildman–Crippen MR) is 87.2 cm³/mol.